The summed E-state index contributed by atoms with van der Waals surface area (Å²) in [5.41, 5.74) is 6.16. The molecule has 1 aromatic heterocycles. The molecule has 0 radical (unpaired) electrons. The second kappa shape index (κ2) is 8.96. The molecule has 31 heavy (non-hydrogen) atoms. The second-order valence-electron chi connectivity index (χ2n) is 7.29. The third-order valence-corrected chi connectivity index (χ3v) is 5.11. The van der Waals surface area contributed by atoms with Crippen molar-refractivity contribution in [1.29, 1.82) is 0 Å². The van der Waals surface area contributed by atoms with Gasteiger partial charge in [-0.05, 0) is 67.4 Å². The lowest BCUT2D eigenvalue weighted by Crippen LogP contribution is -2.02. The first-order valence-electron chi connectivity index (χ1n) is 9.98. The molecule has 0 N–H and O–H groups in total. The van der Waals surface area contributed by atoms with Crippen LogP contribution in [-0.2, 0) is 11.4 Å². The molecule has 4 rings (SSSR count). The average Bonchev–Trinajstić information content (AvgIpc) is 3.12. The maximum Gasteiger partial charge on any atom is 0.142 e. The highest BCUT2D eigenvalue weighted by Crippen LogP contribution is 2.30. The standard InChI is InChI=1S/C26H22F2N2O/c1-18(29-31-17-20-7-6-10-23(28)15-20)25-16-26(21-8-4-3-5-9-21)30(19(25)2)24-13-11-22(27)12-14-24/h3-16H,17H2,1-2H3/b29-18-. The highest BCUT2D eigenvalue weighted by molar-refractivity contribution is 6.01. The number of nitrogens with zero attached hydrogens (tertiary/aromatic N) is 2. The van der Waals surface area contributed by atoms with Gasteiger partial charge >= 0.3 is 0 Å². The van der Waals surface area contributed by atoms with Crippen LogP contribution >= 0.6 is 0 Å². The lowest BCUT2D eigenvalue weighted by Gasteiger charge is -2.12. The van der Waals surface area contributed by atoms with Crippen LogP contribution in [0, 0.1) is 18.6 Å². The van der Waals surface area contributed by atoms with Gasteiger partial charge in [0.05, 0.1) is 11.4 Å². The van der Waals surface area contributed by atoms with Crippen LogP contribution in [0.15, 0.2) is 90.1 Å². The van der Waals surface area contributed by atoms with E-state index in [1.54, 1.807) is 24.3 Å². The van der Waals surface area contributed by atoms with Crippen molar-refractivity contribution >= 4 is 5.71 Å². The van der Waals surface area contributed by atoms with Crippen LogP contribution in [0.4, 0.5) is 8.78 Å². The molecule has 0 aliphatic heterocycles. The summed E-state index contributed by atoms with van der Waals surface area (Å²) in [5.74, 6) is -0.583. The molecule has 0 unspecified atom stereocenters. The van der Waals surface area contributed by atoms with Gasteiger partial charge in [0.25, 0.3) is 0 Å². The van der Waals surface area contributed by atoms with Crippen LogP contribution in [-0.4, -0.2) is 10.3 Å². The third-order valence-electron chi connectivity index (χ3n) is 5.11. The Kier molecular flexibility index (Phi) is 5.94. The largest absolute Gasteiger partial charge is 0.391 e. The number of rotatable bonds is 6. The molecule has 3 nitrogen and oxygen atoms in total. The first kappa shape index (κ1) is 20.5. The van der Waals surface area contributed by atoms with Gasteiger partial charge in [-0.25, -0.2) is 8.78 Å². The quantitative estimate of drug-likeness (QED) is 0.255. The Morgan fingerprint density at radius 2 is 1.61 bits per heavy atom. The molecular weight excluding hydrogens is 394 g/mol. The Morgan fingerprint density at radius 1 is 0.871 bits per heavy atom. The van der Waals surface area contributed by atoms with E-state index in [0.717, 1.165) is 28.2 Å². The topological polar surface area (TPSA) is 26.5 Å². The van der Waals surface area contributed by atoms with Gasteiger partial charge in [-0.2, -0.15) is 0 Å². The van der Waals surface area contributed by atoms with Crippen LogP contribution in [0.25, 0.3) is 16.9 Å². The zero-order valence-electron chi connectivity index (χ0n) is 17.3. The van der Waals surface area contributed by atoms with Crippen molar-refractivity contribution in [3.8, 4) is 16.9 Å². The van der Waals surface area contributed by atoms with Crippen molar-refractivity contribution in [2.75, 3.05) is 0 Å². The molecule has 0 bridgehead atoms. The van der Waals surface area contributed by atoms with Gasteiger partial charge in [-0.15, -0.1) is 0 Å². The maximum atomic E-state index is 13.5. The van der Waals surface area contributed by atoms with E-state index in [0.29, 0.717) is 11.3 Å². The van der Waals surface area contributed by atoms with E-state index in [1.807, 2.05) is 44.2 Å². The average molecular weight is 416 g/mol. The first-order valence-corrected chi connectivity index (χ1v) is 9.98. The molecule has 0 amide bonds. The zero-order valence-corrected chi connectivity index (χ0v) is 17.3. The Hall–Kier alpha value is -3.73. The zero-order chi connectivity index (χ0) is 21.8. The predicted octanol–water partition coefficient (Wildman–Crippen LogP) is 6.67. The summed E-state index contributed by atoms with van der Waals surface area (Å²) in [4.78, 5) is 5.48. The lowest BCUT2D eigenvalue weighted by molar-refractivity contribution is 0.130. The van der Waals surface area contributed by atoms with Gasteiger partial charge in [0.15, 0.2) is 0 Å². The van der Waals surface area contributed by atoms with Crippen LogP contribution in [0.5, 0.6) is 0 Å². The van der Waals surface area contributed by atoms with Crippen molar-refractivity contribution in [2.45, 2.75) is 20.5 Å². The SMILES string of the molecule is C/C(=N/OCc1cccc(F)c1)c1cc(-c2ccccc2)n(-c2ccc(F)cc2)c1C. The van der Waals surface area contributed by atoms with Gasteiger partial charge < -0.3 is 9.40 Å². The normalized spacial score (nSPS) is 11.5. The Bertz CT molecular complexity index is 1210. The minimum atomic E-state index is -0.304. The summed E-state index contributed by atoms with van der Waals surface area (Å²) in [5, 5.41) is 4.26. The van der Waals surface area contributed by atoms with Crippen molar-refractivity contribution in [3.63, 3.8) is 0 Å². The van der Waals surface area contributed by atoms with Gasteiger partial charge in [0.2, 0.25) is 0 Å². The summed E-state index contributed by atoms with van der Waals surface area (Å²) in [6, 6.07) is 24.7. The molecule has 1 heterocycles. The summed E-state index contributed by atoms with van der Waals surface area (Å²) >= 11 is 0. The fourth-order valence-corrected chi connectivity index (χ4v) is 3.60. The minimum Gasteiger partial charge on any atom is -0.391 e. The highest BCUT2D eigenvalue weighted by Gasteiger charge is 2.17. The highest BCUT2D eigenvalue weighted by atomic mass is 19.1. The molecule has 4 aromatic rings. The van der Waals surface area contributed by atoms with Crippen molar-refractivity contribution in [2.24, 2.45) is 5.16 Å². The molecule has 3 aromatic carbocycles. The molecular formula is C26H22F2N2O. The number of aromatic nitrogens is 1. The first-order chi connectivity index (χ1) is 15.0. The molecule has 0 aliphatic carbocycles. The minimum absolute atomic E-state index is 0.179. The van der Waals surface area contributed by atoms with Gasteiger partial charge in [-0.3, -0.25) is 0 Å². The number of benzene rings is 3. The van der Waals surface area contributed by atoms with Crippen LogP contribution in [0.3, 0.4) is 0 Å². The molecule has 0 aliphatic rings. The monoisotopic (exact) mass is 416 g/mol. The van der Waals surface area contributed by atoms with Crippen molar-refractivity contribution in [3.05, 3.63) is 113 Å². The Morgan fingerprint density at radius 3 is 2.32 bits per heavy atom. The van der Waals surface area contributed by atoms with Crippen molar-refractivity contribution < 1.29 is 13.6 Å². The predicted molar refractivity (Wildman–Crippen MR) is 119 cm³/mol. The molecule has 156 valence electrons. The van der Waals surface area contributed by atoms with E-state index in [2.05, 4.69) is 15.8 Å². The fraction of sp³-hybridized carbons (Fsp3) is 0.115. The molecule has 5 heteroatoms. The molecule has 0 fully saturated rings. The van der Waals surface area contributed by atoms with Crippen LogP contribution in [0.1, 0.15) is 23.7 Å². The van der Waals surface area contributed by atoms with Crippen LogP contribution < -0.4 is 0 Å². The van der Waals surface area contributed by atoms with E-state index in [4.69, 9.17) is 4.84 Å². The van der Waals surface area contributed by atoms with E-state index in [-0.39, 0.29) is 18.2 Å². The Balaban J connectivity index is 1.70. The van der Waals surface area contributed by atoms with Gasteiger partial charge in [0.1, 0.15) is 18.2 Å². The summed E-state index contributed by atoms with van der Waals surface area (Å²) in [6.07, 6.45) is 0. The molecule has 0 saturated heterocycles. The smallest absolute Gasteiger partial charge is 0.142 e. The van der Waals surface area contributed by atoms with Gasteiger partial charge in [0, 0.05) is 16.9 Å². The molecule has 0 spiro atoms. The number of hydrogen-bond donors (Lipinski definition) is 0. The fourth-order valence-electron chi connectivity index (χ4n) is 3.60. The number of halogens is 2. The van der Waals surface area contributed by atoms with E-state index in [9.17, 15) is 8.78 Å². The van der Waals surface area contributed by atoms with E-state index >= 15 is 0 Å². The van der Waals surface area contributed by atoms with E-state index in [1.165, 1.54) is 24.3 Å². The summed E-state index contributed by atoms with van der Waals surface area (Å²) in [7, 11) is 0. The second-order valence-corrected chi connectivity index (χ2v) is 7.29. The maximum absolute atomic E-state index is 13.5. The summed E-state index contributed by atoms with van der Waals surface area (Å²) in [6.45, 7) is 4.05. The Labute approximate surface area is 180 Å². The van der Waals surface area contributed by atoms with Crippen LogP contribution in [0.2, 0.25) is 0 Å². The lowest BCUT2D eigenvalue weighted by atomic mass is 10.1. The van der Waals surface area contributed by atoms with Crippen molar-refractivity contribution in [1.82, 2.24) is 4.57 Å². The summed E-state index contributed by atoms with van der Waals surface area (Å²) < 4.78 is 28.9. The third kappa shape index (κ3) is 4.56. The molecule has 0 saturated carbocycles. The van der Waals surface area contributed by atoms with E-state index < -0.39 is 0 Å². The number of hydrogen-bond acceptors (Lipinski definition) is 2. The number of oxime groups is 1. The van der Waals surface area contributed by atoms with Gasteiger partial charge in [-0.1, -0.05) is 47.6 Å². The molecule has 0 atom stereocenters.